The Morgan fingerprint density at radius 2 is 1.76 bits per heavy atom. The van der Waals surface area contributed by atoms with Crippen LogP contribution >= 0.6 is 0 Å². The van der Waals surface area contributed by atoms with Gasteiger partial charge in [0.1, 0.15) is 0 Å². The first-order valence-electron chi connectivity index (χ1n) is 8.72. The maximum Gasteiger partial charge on any atom is 0.222 e. The second-order valence-electron chi connectivity index (χ2n) is 7.65. The fourth-order valence-corrected chi connectivity index (χ4v) is 3.13. The lowest BCUT2D eigenvalue weighted by Crippen LogP contribution is -2.41. The molecule has 1 N–H and O–H groups in total. The van der Waals surface area contributed by atoms with Crippen molar-refractivity contribution in [3.8, 4) is 11.5 Å². The zero-order valence-electron chi connectivity index (χ0n) is 16.7. The third kappa shape index (κ3) is 6.70. The first kappa shape index (κ1) is 21.5. The molecule has 25 heavy (non-hydrogen) atoms. The molecule has 1 aromatic rings. The molecular weight excluding hydrogens is 334 g/mol. The first-order valence-corrected chi connectivity index (χ1v) is 11.6. The number of nitrogens with one attached hydrogen (secondary N) is 1. The lowest BCUT2D eigenvalue weighted by Gasteiger charge is -2.36. The number of amides is 1. The molecule has 5 nitrogen and oxygen atoms in total. The summed E-state index contributed by atoms with van der Waals surface area (Å²) in [5, 5.41) is 3.11. The largest absolute Gasteiger partial charge is 0.493 e. The second kappa shape index (κ2) is 9.24. The molecule has 0 saturated heterocycles. The van der Waals surface area contributed by atoms with Gasteiger partial charge in [0.25, 0.3) is 0 Å². The van der Waals surface area contributed by atoms with Crippen LogP contribution in [-0.2, 0) is 15.6 Å². The summed E-state index contributed by atoms with van der Waals surface area (Å²) < 4.78 is 16.5. The normalized spacial score (nSPS) is 12.0. The van der Waals surface area contributed by atoms with Crippen molar-refractivity contribution < 1.29 is 18.7 Å². The van der Waals surface area contributed by atoms with Crippen LogP contribution in [0.1, 0.15) is 32.8 Å². The van der Waals surface area contributed by atoms with Crippen molar-refractivity contribution in [2.75, 3.05) is 27.4 Å². The lowest BCUT2D eigenvalue weighted by molar-refractivity contribution is -0.121. The van der Waals surface area contributed by atoms with Crippen molar-refractivity contribution >= 4 is 14.2 Å². The van der Waals surface area contributed by atoms with Gasteiger partial charge in [0.15, 0.2) is 19.8 Å². The predicted octanol–water partition coefficient (Wildman–Crippen LogP) is 3.77. The Labute approximate surface area is 153 Å². The van der Waals surface area contributed by atoms with Crippen molar-refractivity contribution in [3.05, 3.63) is 23.8 Å². The molecule has 0 aliphatic heterocycles. The van der Waals surface area contributed by atoms with E-state index in [1.807, 2.05) is 18.2 Å². The Morgan fingerprint density at radius 1 is 1.12 bits per heavy atom. The molecule has 6 heteroatoms. The van der Waals surface area contributed by atoms with E-state index in [1.165, 1.54) is 0 Å². The standard InChI is InChI=1S/C19H33NO4Si/c1-19(2,3)25(6,7)24-13-11-18(21)20-12-10-15-8-9-16(22-4)17(14-15)23-5/h8-9,14H,10-13H2,1-7H3,(H,20,21). The molecule has 0 fully saturated rings. The molecule has 1 amide bonds. The number of ether oxygens (including phenoxy) is 2. The third-order valence-electron chi connectivity index (χ3n) is 4.78. The van der Waals surface area contributed by atoms with Gasteiger partial charge in [-0.05, 0) is 42.2 Å². The van der Waals surface area contributed by atoms with Gasteiger partial charge in [0.2, 0.25) is 5.91 Å². The van der Waals surface area contributed by atoms with Gasteiger partial charge in [0, 0.05) is 19.6 Å². The third-order valence-corrected chi connectivity index (χ3v) is 9.32. The Kier molecular flexibility index (Phi) is 7.95. The summed E-state index contributed by atoms with van der Waals surface area (Å²) >= 11 is 0. The van der Waals surface area contributed by atoms with Gasteiger partial charge < -0.3 is 19.2 Å². The summed E-state index contributed by atoms with van der Waals surface area (Å²) in [5.74, 6) is 1.44. The lowest BCUT2D eigenvalue weighted by atomic mass is 10.1. The predicted molar refractivity (Wildman–Crippen MR) is 104 cm³/mol. The van der Waals surface area contributed by atoms with E-state index in [2.05, 4.69) is 39.2 Å². The van der Waals surface area contributed by atoms with Gasteiger partial charge in [-0.1, -0.05) is 26.8 Å². The van der Waals surface area contributed by atoms with Crippen LogP contribution in [0.3, 0.4) is 0 Å². The molecule has 0 saturated carbocycles. The van der Waals surface area contributed by atoms with Crippen LogP contribution in [0.25, 0.3) is 0 Å². The summed E-state index contributed by atoms with van der Waals surface area (Å²) in [6.45, 7) is 12.1. The molecule has 0 bridgehead atoms. The van der Waals surface area contributed by atoms with Crippen LogP contribution in [0, 0.1) is 0 Å². The second-order valence-corrected chi connectivity index (χ2v) is 12.5. The van der Waals surface area contributed by atoms with Gasteiger partial charge in [-0.15, -0.1) is 0 Å². The van der Waals surface area contributed by atoms with E-state index in [1.54, 1.807) is 14.2 Å². The summed E-state index contributed by atoms with van der Waals surface area (Å²) in [6, 6.07) is 5.79. The topological polar surface area (TPSA) is 56.8 Å². The highest BCUT2D eigenvalue weighted by atomic mass is 28.4. The molecule has 0 spiro atoms. The van der Waals surface area contributed by atoms with E-state index >= 15 is 0 Å². The quantitative estimate of drug-likeness (QED) is 0.675. The molecule has 0 atom stereocenters. The summed E-state index contributed by atoms with van der Waals surface area (Å²) in [4.78, 5) is 12.0. The van der Waals surface area contributed by atoms with E-state index in [9.17, 15) is 4.79 Å². The molecule has 0 heterocycles. The van der Waals surface area contributed by atoms with E-state index < -0.39 is 8.32 Å². The number of rotatable bonds is 9. The van der Waals surface area contributed by atoms with Crippen LogP contribution in [0.4, 0.5) is 0 Å². The average Bonchev–Trinajstić information content (AvgIpc) is 2.53. The maximum absolute atomic E-state index is 12.0. The monoisotopic (exact) mass is 367 g/mol. The minimum absolute atomic E-state index is 0.0270. The molecule has 1 aromatic carbocycles. The number of carbonyl (C=O) groups is 1. The average molecular weight is 368 g/mol. The molecule has 0 aliphatic rings. The number of hydrogen-bond donors (Lipinski definition) is 1. The van der Waals surface area contributed by atoms with Crippen molar-refractivity contribution in [1.82, 2.24) is 5.32 Å². The molecular formula is C19H33NO4Si. The summed E-state index contributed by atoms with van der Waals surface area (Å²) in [7, 11) is 1.45. The van der Waals surface area contributed by atoms with Crippen LogP contribution in [-0.4, -0.2) is 41.6 Å². The highest BCUT2D eigenvalue weighted by molar-refractivity contribution is 6.74. The molecule has 0 radical (unpaired) electrons. The van der Waals surface area contributed by atoms with Crippen molar-refractivity contribution in [2.45, 2.75) is 51.7 Å². The molecule has 0 unspecified atom stereocenters. The highest BCUT2D eigenvalue weighted by Gasteiger charge is 2.36. The highest BCUT2D eigenvalue weighted by Crippen LogP contribution is 2.36. The number of benzene rings is 1. The van der Waals surface area contributed by atoms with Crippen molar-refractivity contribution in [2.24, 2.45) is 0 Å². The number of carbonyl (C=O) groups excluding carboxylic acids is 1. The number of methoxy groups -OCH3 is 2. The first-order chi connectivity index (χ1) is 11.6. The summed E-state index contributed by atoms with van der Waals surface area (Å²) in [5.41, 5.74) is 1.09. The van der Waals surface area contributed by atoms with Gasteiger partial charge in [-0.25, -0.2) is 0 Å². The van der Waals surface area contributed by atoms with Crippen LogP contribution < -0.4 is 14.8 Å². The summed E-state index contributed by atoms with van der Waals surface area (Å²) in [6.07, 6.45) is 1.15. The van der Waals surface area contributed by atoms with E-state index in [0.717, 1.165) is 12.0 Å². The number of hydrogen-bond acceptors (Lipinski definition) is 4. The maximum atomic E-state index is 12.0. The Balaban J connectivity index is 2.36. The van der Waals surface area contributed by atoms with Gasteiger partial charge in [-0.2, -0.15) is 0 Å². The minimum Gasteiger partial charge on any atom is -0.493 e. The van der Waals surface area contributed by atoms with Gasteiger partial charge in [-0.3, -0.25) is 4.79 Å². The van der Waals surface area contributed by atoms with Gasteiger partial charge >= 0.3 is 0 Å². The fourth-order valence-electron chi connectivity index (χ4n) is 2.09. The fraction of sp³-hybridized carbons (Fsp3) is 0.632. The Bertz CT molecular complexity index is 567. The van der Waals surface area contributed by atoms with Crippen LogP contribution in [0.2, 0.25) is 18.1 Å². The van der Waals surface area contributed by atoms with Crippen LogP contribution in [0.5, 0.6) is 11.5 Å². The van der Waals surface area contributed by atoms with E-state index in [-0.39, 0.29) is 10.9 Å². The molecule has 0 aromatic heterocycles. The Hall–Kier alpha value is -1.53. The molecule has 0 aliphatic carbocycles. The van der Waals surface area contributed by atoms with Crippen molar-refractivity contribution in [1.29, 1.82) is 0 Å². The van der Waals surface area contributed by atoms with E-state index in [0.29, 0.717) is 31.1 Å². The van der Waals surface area contributed by atoms with Gasteiger partial charge in [0.05, 0.1) is 14.2 Å². The van der Waals surface area contributed by atoms with Crippen LogP contribution in [0.15, 0.2) is 18.2 Å². The minimum atomic E-state index is -1.78. The molecule has 1 rings (SSSR count). The van der Waals surface area contributed by atoms with E-state index in [4.69, 9.17) is 13.9 Å². The smallest absolute Gasteiger partial charge is 0.222 e. The Morgan fingerprint density at radius 3 is 2.32 bits per heavy atom. The SMILES string of the molecule is COc1ccc(CCNC(=O)CCO[Si](C)(C)C(C)(C)C)cc1OC. The zero-order chi connectivity index (χ0) is 19.1. The zero-order valence-corrected chi connectivity index (χ0v) is 17.7. The van der Waals surface area contributed by atoms with Crippen molar-refractivity contribution in [3.63, 3.8) is 0 Å². The molecule has 142 valence electrons.